The maximum absolute atomic E-state index is 12.0. The number of carbonyl (C=O) groups is 1. The van der Waals surface area contributed by atoms with Crippen molar-refractivity contribution >= 4 is 28.9 Å². The van der Waals surface area contributed by atoms with Gasteiger partial charge in [0.05, 0.1) is 6.54 Å². The van der Waals surface area contributed by atoms with Crippen LogP contribution in [0.15, 0.2) is 18.3 Å². The highest BCUT2D eigenvalue weighted by molar-refractivity contribution is 7.80. The summed E-state index contributed by atoms with van der Waals surface area (Å²) in [6, 6.07) is 3.51. The highest BCUT2D eigenvalue weighted by Gasteiger charge is 2.15. The maximum Gasteiger partial charge on any atom is 0.241 e. The smallest absolute Gasteiger partial charge is 0.241 e. The van der Waals surface area contributed by atoms with E-state index in [2.05, 4.69) is 10.3 Å². The molecule has 0 saturated carbocycles. The number of piperidine rings is 1. The molecule has 1 aliphatic heterocycles. The molecule has 102 valence electrons. The number of aromatic nitrogens is 1. The summed E-state index contributed by atoms with van der Waals surface area (Å²) >= 11 is 4.91. The fraction of sp³-hybridized carbons (Fsp3) is 0.462. The fourth-order valence-corrected chi connectivity index (χ4v) is 2.23. The average molecular weight is 278 g/mol. The van der Waals surface area contributed by atoms with E-state index >= 15 is 0 Å². The van der Waals surface area contributed by atoms with E-state index in [1.165, 1.54) is 6.42 Å². The van der Waals surface area contributed by atoms with Crippen LogP contribution in [0, 0.1) is 0 Å². The highest BCUT2D eigenvalue weighted by Crippen LogP contribution is 2.10. The Morgan fingerprint density at radius 3 is 2.84 bits per heavy atom. The van der Waals surface area contributed by atoms with Crippen LogP contribution in [0.3, 0.4) is 0 Å². The van der Waals surface area contributed by atoms with E-state index in [-0.39, 0.29) is 12.5 Å². The largest absolute Gasteiger partial charge is 0.389 e. The van der Waals surface area contributed by atoms with Crippen molar-refractivity contribution in [1.82, 2.24) is 9.88 Å². The average Bonchev–Trinajstić information content (AvgIpc) is 2.46. The SMILES string of the molecule is NC(=S)c1ccnc(NCC(=O)N2CCCCC2)c1. The number of rotatable bonds is 4. The quantitative estimate of drug-likeness (QED) is 0.808. The molecule has 0 aromatic carbocycles. The summed E-state index contributed by atoms with van der Waals surface area (Å²) in [5, 5.41) is 3.02. The molecule has 1 aliphatic rings. The van der Waals surface area contributed by atoms with E-state index in [1.54, 1.807) is 18.3 Å². The number of likely N-dealkylation sites (tertiary alicyclic amines) is 1. The molecule has 1 aromatic heterocycles. The minimum absolute atomic E-state index is 0.113. The van der Waals surface area contributed by atoms with Crippen LogP contribution in [0.25, 0.3) is 0 Å². The predicted octanol–water partition coefficient (Wildman–Crippen LogP) is 1.14. The molecule has 6 heteroatoms. The van der Waals surface area contributed by atoms with Gasteiger partial charge in [-0.3, -0.25) is 4.79 Å². The molecule has 5 nitrogen and oxygen atoms in total. The summed E-state index contributed by atoms with van der Waals surface area (Å²) in [7, 11) is 0. The van der Waals surface area contributed by atoms with Crippen molar-refractivity contribution < 1.29 is 4.79 Å². The number of carbonyl (C=O) groups excluding carboxylic acids is 1. The summed E-state index contributed by atoms with van der Waals surface area (Å²) in [5.41, 5.74) is 6.30. The molecule has 0 spiro atoms. The van der Waals surface area contributed by atoms with E-state index in [0.717, 1.165) is 31.5 Å². The molecule has 3 N–H and O–H groups in total. The van der Waals surface area contributed by atoms with E-state index in [1.807, 2.05) is 4.90 Å². The molecular formula is C13H18N4OS. The molecule has 0 radical (unpaired) electrons. The fourth-order valence-electron chi connectivity index (χ4n) is 2.10. The number of nitrogens with zero attached hydrogens (tertiary/aromatic N) is 2. The van der Waals surface area contributed by atoms with Gasteiger partial charge < -0.3 is 16.0 Å². The molecule has 1 amide bonds. The number of hydrogen-bond donors (Lipinski definition) is 2. The molecule has 0 aliphatic carbocycles. The van der Waals surface area contributed by atoms with E-state index in [4.69, 9.17) is 18.0 Å². The van der Waals surface area contributed by atoms with E-state index in [9.17, 15) is 4.79 Å². The van der Waals surface area contributed by atoms with Crippen LogP contribution in [0.1, 0.15) is 24.8 Å². The first kappa shape index (κ1) is 13.7. The highest BCUT2D eigenvalue weighted by atomic mass is 32.1. The van der Waals surface area contributed by atoms with Crippen LogP contribution in [-0.2, 0) is 4.79 Å². The summed E-state index contributed by atoms with van der Waals surface area (Å²) in [5.74, 6) is 0.734. The minimum atomic E-state index is 0.113. The second-order valence-electron chi connectivity index (χ2n) is 4.59. The second kappa shape index (κ2) is 6.47. The molecular weight excluding hydrogens is 260 g/mol. The number of thiocarbonyl (C=S) groups is 1. The molecule has 0 bridgehead atoms. The van der Waals surface area contributed by atoms with Gasteiger partial charge in [-0.15, -0.1) is 0 Å². The van der Waals surface area contributed by atoms with Crippen molar-refractivity contribution in [3.63, 3.8) is 0 Å². The van der Waals surface area contributed by atoms with Crippen LogP contribution >= 0.6 is 12.2 Å². The van der Waals surface area contributed by atoms with Crippen molar-refractivity contribution in [3.8, 4) is 0 Å². The van der Waals surface area contributed by atoms with Gasteiger partial charge in [0.15, 0.2) is 0 Å². The third-order valence-electron chi connectivity index (χ3n) is 3.17. The number of nitrogens with two attached hydrogens (primary N) is 1. The first-order chi connectivity index (χ1) is 9.16. The summed E-state index contributed by atoms with van der Waals surface area (Å²) in [6.07, 6.45) is 5.04. The lowest BCUT2D eigenvalue weighted by Gasteiger charge is -2.26. The Bertz CT molecular complexity index is 471. The number of amides is 1. The predicted molar refractivity (Wildman–Crippen MR) is 79.0 cm³/mol. The van der Waals surface area contributed by atoms with Crippen LogP contribution in [0.4, 0.5) is 5.82 Å². The van der Waals surface area contributed by atoms with Gasteiger partial charge in [0.25, 0.3) is 0 Å². The Hall–Kier alpha value is -1.69. The summed E-state index contributed by atoms with van der Waals surface area (Å²) in [4.78, 5) is 18.3. The van der Waals surface area contributed by atoms with Crippen molar-refractivity contribution in [1.29, 1.82) is 0 Å². The minimum Gasteiger partial charge on any atom is -0.389 e. The number of nitrogens with one attached hydrogen (secondary N) is 1. The number of hydrogen-bond acceptors (Lipinski definition) is 4. The monoisotopic (exact) mass is 278 g/mol. The number of pyridine rings is 1. The zero-order valence-electron chi connectivity index (χ0n) is 10.8. The van der Waals surface area contributed by atoms with Crippen molar-refractivity contribution in [2.24, 2.45) is 5.73 Å². The summed E-state index contributed by atoms with van der Waals surface area (Å²) in [6.45, 7) is 1.98. The van der Waals surface area contributed by atoms with Crippen LogP contribution in [0.5, 0.6) is 0 Å². The Morgan fingerprint density at radius 2 is 2.16 bits per heavy atom. The zero-order valence-corrected chi connectivity index (χ0v) is 11.6. The summed E-state index contributed by atoms with van der Waals surface area (Å²) < 4.78 is 0. The van der Waals surface area contributed by atoms with Gasteiger partial charge in [-0.25, -0.2) is 4.98 Å². The lowest BCUT2D eigenvalue weighted by Crippen LogP contribution is -2.39. The zero-order chi connectivity index (χ0) is 13.7. The van der Waals surface area contributed by atoms with Gasteiger partial charge in [0, 0.05) is 24.8 Å². The van der Waals surface area contributed by atoms with E-state index in [0.29, 0.717) is 10.8 Å². The Kier molecular flexibility index (Phi) is 4.68. The van der Waals surface area contributed by atoms with Crippen molar-refractivity contribution in [3.05, 3.63) is 23.9 Å². The standard InChI is InChI=1S/C13H18N4OS/c14-13(19)10-4-5-15-11(8-10)16-9-12(18)17-6-2-1-3-7-17/h4-5,8H,1-3,6-7,9H2,(H2,14,19)(H,15,16). The van der Waals surface area contributed by atoms with Crippen LogP contribution in [-0.4, -0.2) is 40.4 Å². The lowest BCUT2D eigenvalue weighted by molar-refractivity contribution is -0.130. The first-order valence-corrected chi connectivity index (χ1v) is 6.85. The normalized spacial score (nSPS) is 15.1. The Morgan fingerprint density at radius 1 is 1.42 bits per heavy atom. The molecule has 2 rings (SSSR count). The van der Waals surface area contributed by atoms with E-state index < -0.39 is 0 Å². The third kappa shape index (κ3) is 3.89. The Labute approximate surface area is 118 Å². The van der Waals surface area contributed by atoms with Gasteiger partial charge in [0.1, 0.15) is 10.8 Å². The molecule has 0 unspecified atom stereocenters. The van der Waals surface area contributed by atoms with Crippen molar-refractivity contribution in [2.45, 2.75) is 19.3 Å². The van der Waals surface area contributed by atoms with Crippen molar-refractivity contribution in [2.75, 3.05) is 25.0 Å². The number of anilines is 1. The lowest BCUT2D eigenvalue weighted by atomic mass is 10.1. The van der Waals surface area contributed by atoms with Crippen LogP contribution < -0.4 is 11.1 Å². The van der Waals surface area contributed by atoms with Gasteiger partial charge in [-0.1, -0.05) is 12.2 Å². The van der Waals surface area contributed by atoms with Gasteiger partial charge in [-0.05, 0) is 31.4 Å². The molecule has 1 aromatic rings. The van der Waals surface area contributed by atoms with Gasteiger partial charge in [-0.2, -0.15) is 0 Å². The second-order valence-corrected chi connectivity index (χ2v) is 5.03. The molecule has 0 atom stereocenters. The van der Waals surface area contributed by atoms with Gasteiger partial charge >= 0.3 is 0 Å². The topological polar surface area (TPSA) is 71.2 Å². The Balaban J connectivity index is 1.89. The van der Waals surface area contributed by atoms with Gasteiger partial charge in [0.2, 0.25) is 5.91 Å². The molecule has 2 heterocycles. The van der Waals surface area contributed by atoms with Crippen LogP contribution in [0.2, 0.25) is 0 Å². The maximum atomic E-state index is 12.0. The first-order valence-electron chi connectivity index (χ1n) is 6.44. The molecule has 1 fully saturated rings. The molecule has 1 saturated heterocycles. The molecule has 19 heavy (non-hydrogen) atoms. The third-order valence-corrected chi connectivity index (χ3v) is 3.41.